The van der Waals surface area contributed by atoms with Gasteiger partial charge in [0.2, 0.25) is 0 Å². The highest BCUT2D eigenvalue weighted by Gasteiger charge is 1.82. The van der Waals surface area contributed by atoms with Gasteiger partial charge in [-0.05, 0) is 19.8 Å². The Morgan fingerprint density at radius 1 is 1.38 bits per heavy atom. The molecule has 0 fully saturated rings. The molecular weight excluding hydrogens is 96.1 g/mol. The predicted molar refractivity (Wildman–Crippen MR) is 39.0 cm³/mol. The molecule has 0 amide bonds. The summed E-state index contributed by atoms with van der Waals surface area (Å²) < 4.78 is 0. The Bertz CT molecular complexity index is 70.1. The summed E-state index contributed by atoms with van der Waals surface area (Å²) in [6.07, 6.45) is 6.03. The maximum absolute atomic E-state index is 2.30. The minimum Gasteiger partial charge on any atom is -0.0859 e. The van der Waals surface area contributed by atoms with E-state index in [1.165, 1.54) is 24.8 Å². The molecule has 0 nitrogen and oxygen atoms in total. The molecule has 8 heavy (non-hydrogen) atoms. The Labute approximate surface area is 52.6 Å². The maximum Gasteiger partial charge on any atom is -0.0326 e. The SMILES string of the molecule is CC/C=C(/C)CCC. The van der Waals surface area contributed by atoms with Crippen molar-refractivity contribution in [1.82, 2.24) is 0 Å². The Hall–Kier alpha value is -0.260. The van der Waals surface area contributed by atoms with E-state index in [-0.39, 0.29) is 0 Å². The smallest absolute Gasteiger partial charge is 0.0326 e. The fourth-order valence-corrected chi connectivity index (χ4v) is 0.845. The van der Waals surface area contributed by atoms with Crippen LogP contribution in [0.5, 0.6) is 0 Å². The minimum absolute atomic E-state index is 1.19. The van der Waals surface area contributed by atoms with Gasteiger partial charge < -0.3 is 0 Å². The average molecular weight is 112 g/mol. The molecule has 0 saturated carbocycles. The lowest BCUT2D eigenvalue weighted by atomic mass is 10.1. The van der Waals surface area contributed by atoms with Gasteiger partial charge in [-0.15, -0.1) is 0 Å². The lowest BCUT2D eigenvalue weighted by Crippen LogP contribution is -1.72. The molecule has 0 spiro atoms. The van der Waals surface area contributed by atoms with Crippen molar-refractivity contribution < 1.29 is 0 Å². The second-order valence-electron chi connectivity index (χ2n) is 2.21. The van der Waals surface area contributed by atoms with E-state index in [2.05, 4.69) is 26.8 Å². The number of rotatable bonds is 3. The Morgan fingerprint density at radius 3 is 2.38 bits per heavy atom. The maximum atomic E-state index is 2.30. The summed E-state index contributed by atoms with van der Waals surface area (Å²) in [5.41, 5.74) is 1.54. The molecule has 0 aliphatic heterocycles. The third-order valence-electron chi connectivity index (χ3n) is 1.20. The van der Waals surface area contributed by atoms with Crippen LogP contribution in [0, 0.1) is 0 Å². The number of hydrogen-bond donors (Lipinski definition) is 0. The van der Waals surface area contributed by atoms with Gasteiger partial charge in [-0.3, -0.25) is 0 Å². The highest BCUT2D eigenvalue weighted by Crippen LogP contribution is 2.02. The van der Waals surface area contributed by atoms with Crippen LogP contribution in [-0.2, 0) is 0 Å². The van der Waals surface area contributed by atoms with Crippen molar-refractivity contribution >= 4 is 0 Å². The van der Waals surface area contributed by atoms with Gasteiger partial charge in [-0.1, -0.05) is 31.9 Å². The molecule has 0 heteroatoms. The second-order valence-corrected chi connectivity index (χ2v) is 2.21. The molecule has 0 aromatic carbocycles. The molecule has 0 aliphatic rings. The first-order chi connectivity index (χ1) is 3.81. The van der Waals surface area contributed by atoms with E-state index in [1.807, 2.05) is 0 Å². The van der Waals surface area contributed by atoms with Crippen LogP contribution in [0.4, 0.5) is 0 Å². The third kappa shape index (κ3) is 3.91. The van der Waals surface area contributed by atoms with Crippen LogP contribution in [-0.4, -0.2) is 0 Å². The van der Waals surface area contributed by atoms with Gasteiger partial charge in [0.25, 0.3) is 0 Å². The van der Waals surface area contributed by atoms with Gasteiger partial charge in [0.1, 0.15) is 0 Å². The fraction of sp³-hybridized carbons (Fsp3) is 0.750. The minimum atomic E-state index is 1.19. The zero-order valence-corrected chi connectivity index (χ0v) is 6.20. The van der Waals surface area contributed by atoms with E-state index in [4.69, 9.17) is 0 Å². The molecule has 48 valence electrons. The molecule has 0 unspecified atom stereocenters. The van der Waals surface area contributed by atoms with Crippen molar-refractivity contribution in [2.75, 3.05) is 0 Å². The molecular formula is C8H16. The van der Waals surface area contributed by atoms with Crippen LogP contribution < -0.4 is 0 Å². The van der Waals surface area contributed by atoms with Crippen molar-refractivity contribution in [3.8, 4) is 0 Å². The molecule has 0 heterocycles. The van der Waals surface area contributed by atoms with E-state index in [1.54, 1.807) is 0 Å². The molecule has 0 aromatic heterocycles. The van der Waals surface area contributed by atoms with Crippen LogP contribution in [0.25, 0.3) is 0 Å². The van der Waals surface area contributed by atoms with Crippen LogP contribution in [0.15, 0.2) is 11.6 Å². The Morgan fingerprint density at radius 2 is 2.00 bits per heavy atom. The van der Waals surface area contributed by atoms with Gasteiger partial charge in [-0.25, -0.2) is 0 Å². The number of allylic oxidation sites excluding steroid dienone is 2. The first kappa shape index (κ1) is 7.74. The van der Waals surface area contributed by atoms with Crippen LogP contribution >= 0.6 is 0 Å². The van der Waals surface area contributed by atoms with Crippen LogP contribution in [0.3, 0.4) is 0 Å². The van der Waals surface area contributed by atoms with Gasteiger partial charge in [-0.2, -0.15) is 0 Å². The topological polar surface area (TPSA) is 0 Å². The molecule has 0 rings (SSSR count). The van der Waals surface area contributed by atoms with Crippen molar-refractivity contribution in [3.63, 3.8) is 0 Å². The first-order valence-corrected chi connectivity index (χ1v) is 3.46. The van der Waals surface area contributed by atoms with Crippen molar-refractivity contribution in [3.05, 3.63) is 11.6 Å². The van der Waals surface area contributed by atoms with Crippen molar-refractivity contribution in [2.45, 2.75) is 40.0 Å². The number of hydrogen-bond acceptors (Lipinski definition) is 0. The van der Waals surface area contributed by atoms with E-state index in [0.29, 0.717) is 0 Å². The fourth-order valence-electron chi connectivity index (χ4n) is 0.845. The second kappa shape index (κ2) is 4.89. The molecule has 0 N–H and O–H groups in total. The quantitative estimate of drug-likeness (QED) is 0.492. The summed E-state index contributed by atoms with van der Waals surface area (Å²) in [6, 6.07) is 0. The molecule has 0 aliphatic carbocycles. The lowest BCUT2D eigenvalue weighted by molar-refractivity contribution is 0.896. The molecule has 0 saturated heterocycles. The highest BCUT2D eigenvalue weighted by molar-refractivity contribution is 4.96. The third-order valence-corrected chi connectivity index (χ3v) is 1.20. The summed E-state index contributed by atoms with van der Waals surface area (Å²) >= 11 is 0. The standard InChI is InChI=1S/C8H16/c1-4-6-8(3)7-5-2/h6H,4-5,7H2,1-3H3/b8-6-. The average Bonchev–Trinajstić information content (AvgIpc) is 1.68. The van der Waals surface area contributed by atoms with Gasteiger partial charge >= 0.3 is 0 Å². The molecule has 0 atom stereocenters. The summed E-state index contributed by atoms with van der Waals surface area (Å²) in [5, 5.41) is 0. The monoisotopic (exact) mass is 112 g/mol. The highest BCUT2D eigenvalue weighted by atomic mass is 13.9. The van der Waals surface area contributed by atoms with E-state index >= 15 is 0 Å². The predicted octanol–water partition coefficient (Wildman–Crippen LogP) is 3.14. The van der Waals surface area contributed by atoms with Crippen LogP contribution in [0.2, 0.25) is 0 Å². The summed E-state index contributed by atoms with van der Waals surface area (Å²) in [5.74, 6) is 0. The van der Waals surface area contributed by atoms with Gasteiger partial charge in [0, 0.05) is 0 Å². The van der Waals surface area contributed by atoms with Gasteiger partial charge in [0.05, 0.1) is 0 Å². The largest absolute Gasteiger partial charge is 0.0859 e. The zero-order valence-electron chi connectivity index (χ0n) is 6.20. The molecule has 0 bridgehead atoms. The normalized spacial score (nSPS) is 12.1. The van der Waals surface area contributed by atoms with E-state index in [0.717, 1.165) is 0 Å². The van der Waals surface area contributed by atoms with Crippen LogP contribution in [0.1, 0.15) is 40.0 Å². The summed E-state index contributed by atoms with van der Waals surface area (Å²) in [6.45, 7) is 6.60. The summed E-state index contributed by atoms with van der Waals surface area (Å²) in [4.78, 5) is 0. The summed E-state index contributed by atoms with van der Waals surface area (Å²) in [7, 11) is 0. The lowest BCUT2D eigenvalue weighted by Gasteiger charge is -1.93. The molecule has 0 aromatic rings. The van der Waals surface area contributed by atoms with Crippen molar-refractivity contribution in [1.29, 1.82) is 0 Å². The Kier molecular flexibility index (Phi) is 4.73. The zero-order chi connectivity index (χ0) is 6.41. The van der Waals surface area contributed by atoms with Gasteiger partial charge in [0.15, 0.2) is 0 Å². The Balaban J connectivity index is 3.29. The van der Waals surface area contributed by atoms with Crippen molar-refractivity contribution in [2.24, 2.45) is 0 Å². The van der Waals surface area contributed by atoms with E-state index in [9.17, 15) is 0 Å². The van der Waals surface area contributed by atoms with E-state index < -0.39 is 0 Å². The molecule has 0 radical (unpaired) electrons. The first-order valence-electron chi connectivity index (χ1n) is 3.46.